The number of amides is 1. The second-order valence-electron chi connectivity index (χ2n) is 7.58. The zero-order valence-electron chi connectivity index (χ0n) is 18.8. The molecule has 0 aromatic heterocycles. The van der Waals surface area contributed by atoms with Crippen molar-refractivity contribution in [3.05, 3.63) is 90.0 Å². The van der Waals surface area contributed by atoms with E-state index in [4.69, 9.17) is 9.47 Å². The van der Waals surface area contributed by atoms with Crippen LogP contribution >= 0.6 is 0 Å². The minimum absolute atomic E-state index is 0.121. The van der Waals surface area contributed by atoms with Crippen molar-refractivity contribution >= 4 is 15.9 Å². The molecule has 0 saturated heterocycles. The Morgan fingerprint density at radius 1 is 0.818 bits per heavy atom. The fraction of sp³-hybridized carbons (Fsp3) is 0.240. The van der Waals surface area contributed by atoms with Crippen LogP contribution in [0.4, 0.5) is 0 Å². The molecule has 174 valence electrons. The summed E-state index contributed by atoms with van der Waals surface area (Å²) in [7, 11) is -2.10. The van der Waals surface area contributed by atoms with Gasteiger partial charge >= 0.3 is 0 Å². The van der Waals surface area contributed by atoms with E-state index in [0.29, 0.717) is 5.75 Å². The van der Waals surface area contributed by atoms with Gasteiger partial charge in [0.1, 0.15) is 11.5 Å². The molecule has 0 spiro atoms. The lowest BCUT2D eigenvalue weighted by Crippen LogP contribution is -2.31. The first-order valence-electron chi connectivity index (χ1n) is 10.5. The highest BCUT2D eigenvalue weighted by Gasteiger charge is 2.18. The molecule has 7 nitrogen and oxygen atoms in total. The van der Waals surface area contributed by atoms with Crippen molar-refractivity contribution in [2.45, 2.75) is 30.8 Å². The number of sulfonamides is 1. The summed E-state index contributed by atoms with van der Waals surface area (Å²) in [6, 6.07) is 22.2. The van der Waals surface area contributed by atoms with Gasteiger partial charge in [-0.1, -0.05) is 42.5 Å². The summed E-state index contributed by atoms with van der Waals surface area (Å²) in [5.74, 6) is 0.862. The Labute approximate surface area is 194 Å². The molecule has 0 aliphatic carbocycles. The highest BCUT2D eigenvalue weighted by atomic mass is 32.2. The fourth-order valence-corrected chi connectivity index (χ4v) is 4.47. The second kappa shape index (κ2) is 11.0. The standard InChI is InChI=1S/C25H28N2O5S/c1-18(21-9-11-22(31-3)12-10-21)26-25(28)17-32-23-13-15-24(16-14-23)33(29,30)27-19(2)20-7-5-4-6-8-20/h4-16,18-19,27H,17H2,1-3H3,(H,26,28). The number of carbonyl (C=O) groups excluding carboxylic acids is 1. The number of methoxy groups -OCH3 is 1. The minimum atomic E-state index is -3.70. The molecule has 0 aliphatic heterocycles. The molecule has 0 fully saturated rings. The molecule has 1 amide bonds. The van der Waals surface area contributed by atoms with Gasteiger partial charge in [0.25, 0.3) is 5.91 Å². The molecule has 0 bridgehead atoms. The van der Waals surface area contributed by atoms with Gasteiger partial charge in [-0.3, -0.25) is 4.79 Å². The van der Waals surface area contributed by atoms with Crippen molar-refractivity contribution in [2.75, 3.05) is 13.7 Å². The third-order valence-electron chi connectivity index (χ3n) is 5.13. The number of carbonyl (C=O) groups is 1. The molecule has 0 aliphatic rings. The van der Waals surface area contributed by atoms with Gasteiger partial charge in [0.15, 0.2) is 6.61 Å². The van der Waals surface area contributed by atoms with Crippen LogP contribution in [-0.4, -0.2) is 28.0 Å². The number of hydrogen-bond donors (Lipinski definition) is 2. The van der Waals surface area contributed by atoms with Crippen molar-refractivity contribution in [1.82, 2.24) is 10.0 Å². The van der Waals surface area contributed by atoms with E-state index in [1.54, 1.807) is 14.0 Å². The van der Waals surface area contributed by atoms with Crippen molar-refractivity contribution in [1.29, 1.82) is 0 Å². The number of nitrogens with one attached hydrogen (secondary N) is 2. The third kappa shape index (κ3) is 6.81. The molecule has 3 aromatic carbocycles. The average Bonchev–Trinajstić information content (AvgIpc) is 2.83. The van der Waals surface area contributed by atoms with Crippen LogP contribution < -0.4 is 19.5 Å². The van der Waals surface area contributed by atoms with Gasteiger partial charge in [-0.2, -0.15) is 0 Å². The van der Waals surface area contributed by atoms with Crippen LogP contribution in [0.15, 0.2) is 83.8 Å². The van der Waals surface area contributed by atoms with E-state index in [1.165, 1.54) is 24.3 Å². The molecule has 33 heavy (non-hydrogen) atoms. The van der Waals surface area contributed by atoms with Gasteiger partial charge in [-0.25, -0.2) is 13.1 Å². The van der Waals surface area contributed by atoms with Crippen molar-refractivity contribution in [3.63, 3.8) is 0 Å². The summed E-state index contributed by atoms with van der Waals surface area (Å²) in [6.07, 6.45) is 0. The first kappa shape index (κ1) is 24.3. The van der Waals surface area contributed by atoms with Gasteiger partial charge < -0.3 is 14.8 Å². The summed E-state index contributed by atoms with van der Waals surface area (Å²) in [6.45, 7) is 3.48. The number of ether oxygens (including phenoxy) is 2. The number of benzene rings is 3. The van der Waals surface area contributed by atoms with Crippen LogP contribution in [0.25, 0.3) is 0 Å². The molecular formula is C25H28N2O5S. The van der Waals surface area contributed by atoms with E-state index >= 15 is 0 Å². The Kier molecular flexibility index (Phi) is 8.08. The van der Waals surface area contributed by atoms with Gasteiger partial charge in [0.2, 0.25) is 10.0 Å². The van der Waals surface area contributed by atoms with E-state index in [0.717, 1.165) is 16.9 Å². The quantitative estimate of drug-likeness (QED) is 0.469. The first-order valence-corrected chi connectivity index (χ1v) is 12.0. The Morgan fingerprint density at radius 3 is 2.00 bits per heavy atom. The summed E-state index contributed by atoms with van der Waals surface area (Å²) >= 11 is 0. The monoisotopic (exact) mass is 468 g/mol. The minimum Gasteiger partial charge on any atom is -0.497 e. The van der Waals surface area contributed by atoms with Crippen molar-refractivity contribution in [3.8, 4) is 11.5 Å². The fourth-order valence-electron chi connectivity index (χ4n) is 3.23. The smallest absolute Gasteiger partial charge is 0.258 e. The van der Waals surface area contributed by atoms with E-state index in [1.807, 2.05) is 61.5 Å². The highest BCUT2D eigenvalue weighted by molar-refractivity contribution is 7.89. The SMILES string of the molecule is COc1ccc(C(C)NC(=O)COc2ccc(S(=O)(=O)NC(C)c3ccccc3)cc2)cc1. The van der Waals surface area contributed by atoms with E-state index in [-0.39, 0.29) is 29.5 Å². The molecule has 3 aromatic rings. The van der Waals surface area contributed by atoms with Gasteiger partial charge in [-0.15, -0.1) is 0 Å². The number of hydrogen-bond acceptors (Lipinski definition) is 5. The van der Waals surface area contributed by atoms with E-state index < -0.39 is 10.0 Å². The molecule has 0 saturated carbocycles. The Morgan fingerprint density at radius 2 is 1.39 bits per heavy atom. The van der Waals surface area contributed by atoms with Crippen LogP contribution in [-0.2, 0) is 14.8 Å². The van der Waals surface area contributed by atoms with Crippen LogP contribution in [0.5, 0.6) is 11.5 Å². The molecule has 2 unspecified atom stereocenters. The van der Waals surface area contributed by atoms with Crippen molar-refractivity contribution in [2.24, 2.45) is 0 Å². The van der Waals surface area contributed by atoms with Crippen LogP contribution in [0.1, 0.15) is 37.1 Å². The van der Waals surface area contributed by atoms with E-state index in [9.17, 15) is 13.2 Å². The maximum atomic E-state index is 12.7. The zero-order chi connectivity index (χ0) is 23.8. The largest absolute Gasteiger partial charge is 0.497 e. The maximum Gasteiger partial charge on any atom is 0.258 e. The molecule has 0 radical (unpaired) electrons. The van der Waals surface area contributed by atoms with Gasteiger partial charge in [0, 0.05) is 6.04 Å². The highest BCUT2D eigenvalue weighted by Crippen LogP contribution is 2.20. The summed E-state index contributed by atoms with van der Waals surface area (Å²) < 4.78 is 38.6. The van der Waals surface area contributed by atoms with Crippen LogP contribution in [0, 0.1) is 0 Å². The maximum absolute atomic E-state index is 12.7. The molecule has 0 heterocycles. The lowest BCUT2D eigenvalue weighted by atomic mass is 10.1. The Bertz CT molecular complexity index is 1150. The van der Waals surface area contributed by atoms with Crippen LogP contribution in [0.2, 0.25) is 0 Å². The summed E-state index contributed by atoms with van der Waals surface area (Å²) in [4.78, 5) is 12.4. The second-order valence-corrected chi connectivity index (χ2v) is 9.29. The molecule has 2 N–H and O–H groups in total. The topological polar surface area (TPSA) is 93.7 Å². The van der Waals surface area contributed by atoms with Crippen LogP contribution in [0.3, 0.4) is 0 Å². The molecular weight excluding hydrogens is 440 g/mol. The molecule has 8 heteroatoms. The van der Waals surface area contributed by atoms with E-state index in [2.05, 4.69) is 10.0 Å². The summed E-state index contributed by atoms with van der Waals surface area (Å²) in [5, 5.41) is 2.87. The molecule has 3 rings (SSSR count). The number of rotatable bonds is 10. The summed E-state index contributed by atoms with van der Waals surface area (Å²) in [5.41, 5.74) is 1.81. The predicted molar refractivity (Wildman–Crippen MR) is 127 cm³/mol. The van der Waals surface area contributed by atoms with Gasteiger partial charge in [0.05, 0.1) is 18.0 Å². The Hall–Kier alpha value is -3.36. The first-order chi connectivity index (χ1) is 15.8. The van der Waals surface area contributed by atoms with Gasteiger partial charge in [-0.05, 0) is 61.4 Å². The third-order valence-corrected chi connectivity index (χ3v) is 6.69. The lowest BCUT2D eigenvalue weighted by Gasteiger charge is -2.16. The lowest BCUT2D eigenvalue weighted by molar-refractivity contribution is -0.123. The average molecular weight is 469 g/mol. The van der Waals surface area contributed by atoms with Crippen molar-refractivity contribution < 1.29 is 22.7 Å². The normalized spacial score (nSPS) is 13.1. The zero-order valence-corrected chi connectivity index (χ0v) is 19.6. The molecule has 2 atom stereocenters. The predicted octanol–water partition coefficient (Wildman–Crippen LogP) is 3.99. The Balaban J connectivity index is 1.52.